The summed E-state index contributed by atoms with van der Waals surface area (Å²) < 4.78 is 5.60. The number of para-hydroxylation sites is 1. The molecule has 80 valence electrons. The largest absolute Gasteiger partial charge is 0.487 e. The molecule has 0 radical (unpaired) electrons. The number of hydrogen-bond donors (Lipinski definition) is 2. The SMILES string of the molecule is CC(/C=C(S)\C=N/N)Oc1ccccc1. The molecule has 0 bridgehead atoms. The lowest BCUT2D eigenvalue weighted by atomic mass is 10.3. The van der Waals surface area contributed by atoms with Crippen molar-refractivity contribution in [2.45, 2.75) is 13.0 Å². The van der Waals surface area contributed by atoms with Gasteiger partial charge in [0.2, 0.25) is 0 Å². The summed E-state index contributed by atoms with van der Waals surface area (Å²) in [6.45, 7) is 1.92. The van der Waals surface area contributed by atoms with Crippen LogP contribution in [-0.4, -0.2) is 12.3 Å². The molecule has 1 unspecified atom stereocenters. The van der Waals surface area contributed by atoms with Crippen LogP contribution < -0.4 is 10.6 Å². The number of hydrazone groups is 1. The van der Waals surface area contributed by atoms with Crippen molar-refractivity contribution in [3.8, 4) is 5.75 Å². The summed E-state index contributed by atoms with van der Waals surface area (Å²) in [5.41, 5.74) is 0. The van der Waals surface area contributed by atoms with Gasteiger partial charge in [0.05, 0.1) is 6.21 Å². The van der Waals surface area contributed by atoms with E-state index >= 15 is 0 Å². The van der Waals surface area contributed by atoms with Crippen LogP contribution in [0, 0.1) is 0 Å². The first-order chi connectivity index (χ1) is 7.22. The number of rotatable bonds is 4. The Morgan fingerprint density at radius 3 is 2.73 bits per heavy atom. The Labute approximate surface area is 95.0 Å². The van der Waals surface area contributed by atoms with E-state index < -0.39 is 0 Å². The average Bonchev–Trinajstić information content (AvgIpc) is 2.19. The van der Waals surface area contributed by atoms with Gasteiger partial charge in [0.25, 0.3) is 0 Å². The van der Waals surface area contributed by atoms with Gasteiger partial charge in [0, 0.05) is 4.91 Å². The molecule has 1 rings (SSSR count). The van der Waals surface area contributed by atoms with Gasteiger partial charge >= 0.3 is 0 Å². The molecule has 1 aromatic carbocycles. The van der Waals surface area contributed by atoms with Crippen molar-refractivity contribution in [3.63, 3.8) is 0 Å². The van der Waals surface area contributed by atoms with Crippen molar-refractivity contribution >= 4 is 18.8 Å². The van der Waals surface area contributed by atoms with E-state index in [-0.39, 0.29) is 6.10 Å². The fourth-order valence-electron chi connectivity index (χ4n) is 1.11. The van der Waals surface area contributed by atoms with E-state index in [1.54, 1.807) is 0 Å². The molecule has 15 heavy (non-hydrogen) atoms. The van der Waals surface area contributed by atoms with Crippen LogP contribution in [0.2, 0.25) is 0 Å². The molecular weight excluding hydrogens is 208 g/mol. The minimum Gasteiger partial charge on any atom is -0.487 e. The zero-order chi connectivity index (χ0) is 11.1. The predicted molar refractivity (Wildman–Crippen MR) is 66.3 cm³/mol. The van der Waals surface area contributed by atoms with Gasteiger partial charge in [-0.3, -0.25) is 0 Å². The van der Waals surface area contributed by atoms with Crippen LogP contribution in [0.3, 0.4) is 0 Å². The maximum absolute atomic E-state index is 5.60. The van der Waals surface area contributed by atoms with Gasteiger partial charge in [-0.2, -0.15) is 5.10 Å². The van der Waals surface area contributed by atoms with Gasteiger partial charge in [-0.05, 0) is 25.1 Å². The molecule has 0 fully saturated rings. The van der Waals surface area contributed by atoms with Gasteiger partial charge in [0.1, 0.15) is 11.9 Å². The Morgan fingerprint density at radius 2 is 2.13 bits per heavy atom. The fourth-order valence-corrected chi connectivity index (χ4v) is 1.38. The number of nitrogens with two attached hydrogens (primary N) is 1. The predicted octanol–water partition coefficient (Wildman–Crippen LogP) is 2.21. The van der Waals surface area contributed by atoms with E-state index in [0.717, 1.165) is 5.75 Å². The Kier molecular flexibility index (Phi) is 4.77. The maximum Gasteiger partial charge on any atom is 0.120 e. The maximum atomic E-state index is 5.60. The first-order valence-corrected chi connectivity index (χ1v) is 5.03. The van der Waals surface area contributed by atoms with E-state index in [9.17, 15) is 0 Å². The van der Waals surface area contributed by atoms with Crippen LogP contribution in [-0.2, 0) is 0 Å². The van der Waals surface area contributed by atoms with Crippen molar-refractivity contribution in [3.05, 3.63) is 41.3 Å². The van der Waals surface area contributed by atoms with Gasteiger partial charge < -0.3 is 10.6 Å². The topological polar surface area (TPSA) is 47.6 Å². The highest BCUT2D eigenvalue weighted by Crippen LogP contribution is 2.12. The van der Waals surface area contributed by atoms with Gasteiger partial charge in [0.15, 0.2) is 0 Å². The van der Waals surface area contributed by atoms with Crippen LogP contribution in [0.25, 0.3) is 0 Å². The lowest BCUT2D eigenvalue weighted by Crippen LogP contribution is -2.08. The molecule has 0 aliphatic carbocycles. The minimum absolute atomic E-state index is 0.0714. The number of thiol groups is 1. The van der Waals surface area contributed by atoms with Crippen molar-refractivity contribution in [1.82, 2.24) is 0 Å². The summed E-state index contributed by atoms with van der Waals surface area (Å²) in [7, 11) is 0. The van der Waals surface area contributed by atoms with Crippen molar-refractivity contribution in [2.24, 2.45) is 10.9 Å². The second kappa shape index (κ2) is 6.14. The van der Waals surface area contributed by atoms with E-state index in [0.29, 0.717) is 4.91 Å². The summed E-state index contributed by atoms with van der Waals surface area (Å²) in [4.78, 5) is 0.681. The number of benzene rings is 1. The average molecular weight is 222 g/mol. The van der Waals surface area contributed by atoms with Crippen molar-refractivity contribution in [1.29, 1.82) is 0 Å². The highest BCUT2D eigenvalue weighted by atomic mass is 32.1. The number of allylic oxidation sites excluding steroid dienone is 1. The molecule has 4 heteroatoms. The normalized spacial score (nSPS) is 14.1. The van der Waals surface area contributed by atoms with E-state index in [4.69, 9.17) is 10.6 Å². The summed E-state index contributed by atoms with van der Waals surface area (Å²) in [6, 6.07) is 9.60. The van der Waals surface area contributed by atoms with Gasteiger partial charge in [-0.25, -0.2) is 0 Å². The number of hydrogen-bond acceptors (Lipinski definition) is 4. The Bertz CT molecular complexity index is 349. The summed E-state index contributed by atoms with van der Waals surface area (Å²) in [5, 5.41) is 3.37. The van der Waals surface area contributed by atoms with Gasteiger partial charge in [-0.1, -0.05) is 18.2 Å². The molecule has 0 spiro atoms. The van der Waals surface area contributed by atoms with Crippen molar-refractivity contribution in [2.75, 3.05) is 0 Å². The number of ether oxygens (including phenoxy) is 1. The standard InChI is InChI=1S/C11H14N2OS/c1-9(7-11(15)8-13-12)14-10-5-3-2-4-6-10/h2-9,15H,12H2,1H3/b11-7+,13-8-. The van der Waals surface area contributed by atoms with Gasteiger partial charge in [-0.15, -0.1) is 12.6 Å². The molecule has 1 aromatic rings. The Hall–Kier alpha value is -1.42. The smallest absolute Gasteiger partial charge is 0.120 e. The van der Waals surface area contributed by atoms with E-state index in [1.807, 2.05) is 43.3 Å². The van der Waals surface area contributed by atoms with Crippen molar-refractivity contribution < 1.29 is 4.74 Å². The highest BCUT2D eigenvalue weighted by molar-refractivity contribution is 7.85. The molecular formula is C11H14N2OS. The second-order valence-electron chi connectivity index (χ2n) is 3.01. The Balaban J connectivity index is 2.57. The molecule has 3 nitrogen and oxygen atoms in total. The molecule has 0 saturated heterocycles. The third kappa shape index (κ3) is 4.56. The van der Waals surface area contributed by atoms with Crippen LogP contribution >= 0.6 is 12.6 Å². The van der Waals surface area contributed by atoms with Crippen LogP contribution in [0.5, 0.6) is 5.75 Å². The lowest BCUT2D eigenvalue weighted by Gasteiger charge is -2.10. The molecule has 0 amide bonds. The fraction of sp³-hybridized carbons (Fsp3) is 0.182. The highest BCUT2D eigenvalue weighted by Gasteiger charge is 1.99. The first-order valence-electron chi connectivity index (χ1n) is 4.58. The van der Waals surface area contributed by atoms with Crippen LogP contribution in [0.4, 0.5) is 0 Å². The molecule has 0 aromatic heterocycles. The first kappa shape index (κ1) is 11.7. The Morgan fingerprint density at radius 1 is 1.47 bits per heavy atom. The quantitative estimate of drug-likeness (QED) is 0.355. The molecule has 1 atom stereocenters. The third-order valence-electron chi connectivity index (χ3n) is 1.68. The molecule has 0 heterocycles. The molecule has 0 aliphatic rings. The lowest BCUT2D eigenvalue weighted by molar-refractivity contribution is 0.270. The molecule has 2 N–H and O–H groups in total. The number of nitrogens with zero attached hydrogens (tertiary/aromatic N) is 1. The van der Waals surface area contributed by atoms with Crippen LogP contribution in [0.1, 0.15) is 6.92 Å². The summed E-state index contributed by atoms with van der Waals surface area (Å²) in [5.74, 6) is 5.82. The monoisotopic (exact) mass is 222 g/mol. The molecule has 0 saturated carbocycles. The van der Waals surface area contributed by atoms with Crippen LogP contribution in [0.15, 0.2) is 46.4 Å². The van der Waals surface area contributed by atoms with E-state index in [1.165, 1.54) is 6.21 Å². The zero-order valence-corrected chi connectivity index (χ0v) is 9.39. The summed E-state index contributed by atoms with van der Waals surface area (Å²) >= 11 is 4.17. The molecule has 0 aliphatic heterocycles. The van der Waals surface area contributed by atoms with E-state index in [2.05, 4.69) is 17.7 Å². The minimum atomic E-state index is -0.0714. The third-order valence-corrected chi connectivity index (χ3v) is 1.94. The zero-order valence-electron chi connectivity index (χ0n) is 8.50. The second-order valence-corrected chi connectivity index (χ2v) is 3.52. The summed E-state index contributed by atoms with van der Waals surface area (Å²) in [6.07, 6.45) is 3.22.